The molecular weight excluding hydrogens is 306 g/mol. The van der Waals surface area contributed by atoms with Crippen LogP contribution in [0, 0.1) is 0 Å². The van der Waals surface area contributed by atoms with Gasteiger partial charge >= 0.3 is 0 Å². The van der Waals surface area contributed by atoms with Crippen molar-refractivity contribution in [2.45, 2.75) is 12.8 Å². The molecule has 5 nitrogen and oxygen atoms in total. The minimum atomic E-state index is -0.0571. The van der Waals surface area contributed by atoms with E-state index in [1.54, 1.807) is 39.5 Å². The second-order valence-corrected chi connectivity index (χ2v) is 5.66. The summed E-state index contributed by atoms with van der Waals surface area (Å²) in [5.74, 6) is 1.96. The molecule has 1 amide bonds. The van der Waals surface area contributed by atoms with E-state index in [9.17, 15) is 4.79 Å². The van der Waals surface area contributed by atoms with Crippen molar-refractivity contribution in [1.29, 1.82) is 0 Å². The van der Waals surface area contributed by atoms with E-state index in [1.165, 1.54) is 0 Å². The summed E-state index contributed by atoms with van der Waals surface area (Å²) >= 11 is 0. The van der Waals surface area contributed by atoms with E-state index in [2.05, 4.69) is 0 Å². The second-order valence-electron chi connectivity index (χ2n) is 5.66. The summed E-state index contributed by atoms with van der Waals surface area (Å²) in [6, 6.07) is 11.1. The fourth-order valence-electron chi connectivity index (χ4n) is 3.00. The van der Waals surface area contributed by atoms with Crippen LogP contribution in [-0.4, -0.2) is 33.8 Å². The third-order valence-electron chi connectivity index (χ3n) is 4.25. The zero-order valence-corrected chi connectivity index (χ0v) is 14.2. The maximum Gasteiger partial charge on any atom is 0.258 e. The van der Waals surface area contributed by atoms with Gasteiger partial charge in [-0.3, -0.25) is 4.79 Å². The molecule has 1 aliphatic rings. The Hall–Kier alpha value is -2.69. The van der Waals surface area contributed by atoms with Crippen LogP contribution in [0.25, 0.3) is 0 Å². The number of amides is 1. The Kier molecular flexibility index (Phi) is 4.60. The smallest absolute Gasteiger partial charge is 0.258 e. The first-order chi connectivity index (χ1) is 11.7. The van der Waals surface area contributed by atoms with E-state index in [4.69, 9.17) is 14.2 Å². The molecular formula is C19H21NO4. The molecule has 0 radical (unpaired) electrons. The average molecular weight is 327 g/mol. The third kappa shape index (κ3) is 3.02. The molecule has 1 heterocycles. The number of rotatable bonds is 4. The van der Waals surface area contributed by atoms with Gasteiger partial charge in [-0.2, -0.15) is 0 Å². The van der Waals surface area contributed by atoms with E-state index >= 15 is 0 Å². The number of benzene rings is 2. The number of nitrogens with zero attached hydrogens (tertiary/aromatic N) is 1. The molecule has 1 aliphatic heterocycles. The molecule has 0 fully saturated rings. The van der Waals surface area contributed by atoms with Crippen LogP contribution in [0.5, 0.6) is 17.2 Å². The second kappa shape index (κ2) is 6.83. The highest BCUT2D eigenvalue weighted by Crippen LogP contribution is 2.32. The zero-order valence-electron chi connectivity index (χ0n) is 14.2. The Morgan fingerprint density at radius 2 is 1.58 bits per heavy atom. The van der Waals surface area contributed by atoms with E-state index in [-0.39, 0.29) is 5.91 Å². The van der Waals surface area contributed by atoms with Gasteiger partial charge < -0.3 is 19.1 Å². The van der Waals surface area contributed by atoms with E-state index < -0.39 is 0 Å². The molecule has 0 spiro atoms. The molecule has 5 heteroatoms. The van der Waals surface area contributed by atoms with E-state index in [0.29, 0.717) is 23.6 Å². The van der Waals surface area contributed by atoms with Gasteiger partial charge in [0.05, 0.1) is 21.3 Å². The molecule has 0 unspecified atom stereocenters. The number of fused-ring (bicyclic) bond motifs is 1. The largest absolute Gasteiger partial charge is 0.497 e. The Morgan fingerprint density at radius 1 is 0.917 bits per heavy atom. The first-order valence-corrected chi connectivity index (χ1v) is 7.88. The molecule has 126 valence electrons. The lowest BCUT2D eigenvalue weighted by atomic mass is 10.00. The molecule has 0 bridgehead atoms. The molecule has 0 saturated heterocycles. The number of aryl methyl sites for hydroxylation is 1. The van der Waals surface area contributed by atoms with Crippen LogP contribution < -0.4 is 19.1 Å². The SMILES string of the molecule is COc1cc(OC)cc(C(=O)N2CCCc3cc(OC)ccc32)c1. The summed E-state index contributed by atoms with van der Waals surface area (Å²) in [6.45, 7) is 0.692. The van der Waals surface area contributed by atoms with Crippen molar-refractivity contribution >= 4 is 11.6 Å². The molecule has 2 aromatic rings. The lowest BCUT2D eigenvalue weighted by Gasteiger charge is -2.30. The summed E-state index contributed by atoms with van der Waals surface area (Å²) in [5, 5.41) is 0. The Labute approximate surface area is 141 Å². The predicted octanol–water partition coefficient (Wildman–Crippen LogP) is 3.31. The zero-order chi connectivity index (χ0) is 17.1. The standard InChI is InChI=1S/C19H21NO4/c1-22-15-6-7-18-13(9-15)5-4-8-20(18)19(21)14-10-16(23-2)12-17(11-14)24-3/h6-7,9-12H,4-5,8H2,1-3H3. The highest BCUT2D eigenvalue weighted by molar-refractivity contribution is 6.07. The van der Waals surface area contributed by atoms with Crippen LogP contribution >= 0.6 is 0 Å². The fraction of sp³-hybridized carbons (Fsp3) is 0.316. The van der Waals surface area contributed by atoms with Gasteiger partial charge in [0.2, 0.25) is 0 Å². The van der Waals surface area contributed by atoms with Gasteiger partial charge in [-0.15, -0.1) is 0 Å². The fourth-order valence-corrected chi connectivity index (χ4v) is 3.00. The molecule has 0 N–H and O–H groups in total. The van der Waals surface area contributed by atoms with E-state index in [0.717, 1.165) is 29.8 Å². The number of carbonyl (C=O) groups is 1. The van der Waals surface area contributed by atoms with Crippen molar-refractivity contribution < 1.29 is 19.0 Å². The lowest BCUT2D eigenvalue weighted by molar-refractivity contribution is 0.0984. The average Bonchev–Trinajstić information content (AvgIpc) is 2.65. The predicted molar refractivity (Wildman–Crippen MR) is 92.5 cm³/mol. The summed E-state index contributed by atoms with van der Waals surface area (Å²) in [6.07, 6.45) is 1.87. The molecule has 2 aromatic carbocycles. The molecule has 3 rings (SSSR count). The summed E-state index contributed by atoms with van der Waals surface area (Å²) in [4.78, 5) is 14.8. The van der Waals surface area contributed by atoms with Gasteiger partial charge in [0.25, 0.3) is 5.91 Å². The van der Waals surface area contributed by atoms with Gasteiger partial charge in [-0.1, -0.05) is 0 Å². The van der Waals surface area contributed by atoms with Crippen molar-refractivity contribution in [3.63, 3.8) is 0 Å². The quantitative estimate of drug-likeness (QED) is 0.864. The summed E-state index contributed by atoms with van der Waals surface area (Å²) < 4.78 is 15.8. The van der Waals surface area contributed by atoms with Gasteiger partial charge in [0.1, 0.15) is 17.2 Å². The van der Waals surface area contributed by atoms with Crippen molar-refractivity contribution in [3.8, 4) is 17.2 Å². The Balaban J connectivity index is 1.97. The van der Waals surface area contributed by atoms with Crippen LogP contribution in [0.3, 0.4) is 0 Å². The van der Waals surface area contributed by atoms with Crippen molar-refractivity contribution in [1.82, 2.24) is 0 Å². The maximum atomic E-state index is 13.0. The van der Waals surface area contributed by atoms with Crippen LogP contribution in [0.15, 0.2) is 36.4 Å². The number of anilines is 1. The third-order valence-corrected chi connectivity index (χ3v) is 4.25. The first kappa shape index (κ1) is 16.2. The molecule has 0 aromatic heterocycles. The lowest BCUT2D eigenvalue weighted by Crippen LogP contribution is -2.35. The van der Waals surface area contributed by atoms with Crippen LogP contribution in [0.4, 0.5) is 5.69 Å². The molecule has 0 saturated carbocycles. The van der Waals surface area contributed by atoms with Crippen LogP contribution in [0.2, 0.25) is 0 Å². The molecule has 0 atom stereocenters. The summed E-state index contributed by atoms with van der Waals surface area (Å²) in [5.41, 5.74) is 2.62. The number of carbonyl (C=O) groups excluding carboxylic acids is 1. The minimum Gasteiger partial charge on any atom is -0.497 e. The Morgan fingerprint density at radius 3 is 2.21 bits per heavy atom. The number of methoxy groups -OCH3 is 3. The summed E-state index contributed by atoms with van der Waals surface area (Å²) in [7, 11) is 4.80. The monoisotopic (exact) mass is 327 g/mol. The van der Waals surface area contributed by atoms with Crippen molar-refractivity contribution in [3.05, 3.63) is 47.5 Å². The van der Waals surface area contributed by atoms with Gasteiger partial charge in [0.15, 0.2) is 0 Å². The topological polar surface area (TPSA) is 48.0 Å². The Bertz CT molecular complexity index is 735. The normalized spacial score (nSPS) is 13.2. The van der Waals surface area contributed by atoms with Gasteiger partial charge in [-0.05, 0) is 48.7 Å². The van der Waals surface area contributed by atoms with Crippen molar-refractivity contribution in [2.24, 2.45) is 0 Å². The number of ether oxygens (including phenoxy) is 3. The van der Waals surface area contributed by atoms with Crippen LogP contribution in [0.1, 0.15) is 22.3 Å². The maximum absolute atomic E-state index is 13.0. The van der Waals surface area contributed by atoms with Gasteiger partial charge in [-0.25, -0.2) is 0 Å². The highest BCUT2D eigenvalue weighted by atomic mass is 16.5. The van der Waals surface area contributed by atoms with E-state index in [1.807, 2.05) is 23.1 Å². The number of hydrogen-bond donors (Lipinski definition) is 0. The molecule has 24 heavy (non-hydrogen) atoms. The highest BCUT2D eigenvalue weighted by Gasteiger charge is 2.24. The van der Waals surface area contributed by atoms with Crippen LogP contribution in [-0.2, 0) is 6.42 Å². The van der Waals surface area contributed by atoms with Crippen molar-refractivity contribution in [2.75, 3.05) is 32.8 Å². The molecule has 0 aliphatic carbocycles. The first-order valence-electron chi connectivity index (χ1n) is 7.88. The van der Waals surface area contributed by atoms with Gasteiger partial charge in [0, 0.05) is 23.9 Å². The number of hydrogen-bond acceptors (Lipinski definition) is 4. The minimum absolute atomic E-state index is 0.0571.